The van der Waals surface area contributed by atoms with Crippen molar-refractivity contribution < 1.29 is 14.3 Å². The molecule has 0 radical (unpaired) electrons. The topological polar surface area (TPSA) is 48.3 Å². The van der Waals surface area contributed by atoms with Crippen LogP contribution < -0.4 is 0 Å². The van der Waals surface area contributed by atoms with Gasteiger partial charge >= 0.3 is 5.97 Å². The van der Waals surface area contributed by atoms with Gasteiger partial charge in [0.1, 0.15) is 5.69 Å². The Hall–Kier alpha value is -0.710. The number of hydrogen-bond donors (Lipinski definition) is 0. The van der Waals surface area contributed by atoms with Crippen molar-refractivity contribution in [3.8, 4) is 0 Å². The van der Waals surface area contributed by atoms with Crippen molar-refractivity contribution >= 4 is 46.6 Å². The summed E-state index contributed by atoms with van der Waals surface area (Å²) in [4.78, 5) is 23.6. The zero-order valence-corrected chi connectivity index (χ0v) is 12.4. The Morgan fingerprint density at radius 1 is 1.42 bits per heavy atom. The Morgan fingerprint density at radius 3 is 2.53 bits per heavy atom. The fourth-order valence-electron chi connectivity index (χ4n) is 1.80. The highest BCUT2D eigenvalue weighted by Crippen LogP contribution is 2.34. The molecule has 0 aliphatic heterocycles. The Morgan fingerprint density at radius 2 is 2.05 bits per heavy atom. The van der Waals surface area contributed by atoms with Crippen LogP contribution in [-0.4, -0.2) is 27.2 Å². The van der Waals surface area contributed by atoms with Gasteiger partial charge in [-0.25, -0.2) is 4.79 Å². The number of halogens is 3. The summed E-state index contributed by atoms with van der Waals surface area (Å²) in [6.07, 6.45) is 3.77. The summed E-state index contributed by atoms with van der Waals surface area (Å²) >= 11 is 16.7. The minimum Gasteiger partial charge on any atom is -0.464 e. The molecular weight excluding hydrogens is 312 g/mol. The van der Waals surface area contributed by atoms with Crippen molar-refractivity contribution in [3.63, 3.8) is 0 Å². The van der Waals surface area contributed by atoms with Gasteiger partial charge < -0.3 is 9.30 Å². The van der Waals surface area contributed by atoms with Crippen LogP contribution in [0.15, 0.2) is 12.3 Å². The van der Waals surface area contributed by atoms with E-state index in [2.05, 4.69) is 4.74 Å². The standard InChI is InChI=1S/C12H12Cl3NO3/c1-19-11(18)9-4-8(10(17)12(13,14)15)6-16(9)5-7-2-3-7/h4,6-7H,2-3,5H2,1H3. The van der Waals surface area contributed by atoms with Crippen molar-refractivity contribution in [2.45, 2.75) is 23.2 Å². The van der Waals surface area contributed by atoms with Crippen molar-refractivity contribution in [1.29, 1.82) is 0 Å². The maximum Gasteiger partial charge on any atom is 0.354 e. The summed E-state index contributed by atoms with van der Waals surface area (Å²) in [5.41, 5.74) is 0.494. The van der Waals surface area contributed by atoms with E-state index in [1.807, 2.05) is 0 Å². The quantitative estimate of drug-likeness (QED) is 0.485. The number of carbonyl (C=O) groups excluding carboxylic acids is 2. The van der Waals surface area contributed by atoms with E-state index in [0.29, 0.717) is 18.2 Å². The van der Waals surface area contributed by atoms with E-state index in [1.54, 1.807) is 4.57 Å². The van der Waals surface area contributed by atoms with E-state index < -0.39 is 15.5 Å². The van der Waals surface area contributed by atoms with Crippen molar-refractivity contribution in [2.75, 3.05) is 7.11 Å². The highest BCUT2D eigenvalue weighted by molar-refractivity contribution is 6.77. The van der Waals surface area contributed by atoms with Crippen LogP contribution >= 0.6 is 34.8 Å². The van der Waals surface area contributed by atoms with E-state index in [1.165, 1.54) is 19.4 Å². The molecule has 0 spiro atoms. The third-order valence-corrected chi connectivity index (χ3v) is 3.48. The van der Waals surface area contributed by atoms with Crippen molar-refractivity contribution in [3.05, 3.63) is 23.5 Å². The third-order valence-electron chi connectivity index (χ3n) is 2.96. The molecule has 0 unspecified atom stereocenters. The van der Waals surface area contributed by atoms with Gasteiger partial charge in [-0.05, 0) is 24.8 Å². The summed E-state index contributed by atoms with van der Waals surface area (Å²) in [7, 11) is 1.28. The number of nitrogens with zero attached hydrogens (tertiary/aromatic N) is 1. The Bertz CT molecular complexity index is 515. The predicted octanol–water partition coefficient (Wildman–Crippen LogP) is 3.24. The van der Waals surface area contributed by atoms with E-state index >= 15 is 0 Å². The van der Waals surface area contributed by atoms with Crippen LogP contribution in [0, 0.1) is 5.92 Å². The zero-order valence-electron chi connectivity index (χ0n) is 10.2. The van der Waals surface area contributed by atoms with Crippen LogP contribution in [0.3, 0.4) is 0 Å². The van der Waals surface area contributed by atoms with E-state index in [0.717, 1.165) is 12.8 Å². The fraction of sp³-hybridized carbons (Fsp3) is 0.500. The number of methoxy groups -OCH3 is 1. The SMILES string of the molecule is COC(=O)c1cc(C(=O)C(Cl)(Cl)Cl)cn1CC1CC1. The second kappa shape index (κ2) is 5.35. The van der Waals surface area contributed by atoms with Crippen LogP contribution in [0.2, 0.25) is 0 Å². The first-order valence-electron chi connectivity index (χ1n) is 5.73. The highest BCUT2D eigenvalue weighted by atomic mass is 35.6. The molecule has 0 bridgehead atoms. The van der Waals surface area contributed by atoms with E-state index in [4.69, 9.17) is 34.8 Å². The summed E-state index contributed by atoms with van der Waals surface area (Å²) in [6.45, 7) is 0.664. The normalized spacial score (nSPS) is 15.4. The summed E-state index contributed by atoms with van der Waals surface area (Å²) in [5, 5.41) is 0. The number of ether oxygens (including phenoxy) is 1. The lowest BCUT2D eigenvalue weighted by Gasteiger charge is -2.07. The van der Waals surface area contributed by atoms with Gasteiger partial charge in [0.15, 0.2) is 0 Å². The van der Waals surface area contributed by atoms with Gasteiger partial charge in [-0.2, -0.15) is 0 Å². The van der Waals surface area contributed by atoms with Crippen molar-refractivity contribution in [1.82, 2.24) is 4.57 Å². The number of Topliss-reactive ketones (excluding diaryl/α,β-unsaturated/α-hetero) is 1. The van der Waals surface area contributed by atoms with Gasteiger partial charge in [0.25, 0.3) is 3.79 Å². The Kier molecular flexibility index (Phi) is 4.14. The molecule has 1 saturated carbocycles. The first-order chi connectivity index (χ1) is 8.82. The number of ketones is 1. The molecule has 0 aromatic carbocycles. The van der Waals surface area contributed by atoms with Crippen LogP contribution in [-0.2, 0) is 11.3 Å². The van der Waals surface area contributed by atoms with Crippen LogP contribution in [0.1, 0.15) is 33.7 Å². The zero-order chi connectivity index (χ0) is 14.2. The summed E-state index contributed by atoms with van der Waals surface area (Å²) in [6, 6.07) is 1.40. The Labute approximate surface area is 125 Å². The molecule has 0 N–H and O–H groups in total. The molecule has 1 fully saturated rings. The van der Waals surface area contributed by atoms with E-state index in [9.17, 15) is 9.59 Å². The predicted molar refractivity (Wildman–Crippen MR) is 73.1 cm³/mol. The fourth-order valence-corrected chi connectivity index (χ4v) is 2.13. The molecular formula is C12H12Cl3NO3. The molecule has 1 aliphatic carbocycles. The average Bonchev–Trinajstić information content (AvgIpc) is 3.04. The Balaban J connectivity index is 2.33. The highest BCUT2D eigenvalue weighted by Gasteiger charge is 2.34. The number of aromatic nitrogens is 1. The van der Waals surface area contributed by atoms with Crippen molar-refractivity contribution in [2.24, 2.45) is 5.92 Å². The van der Waals surface area contributed by atoms with Crippen LogP contribution in [0.5, 0.6) is 0 Å². The molecule has 0 saturated heterocycles. The first-order valence-corrected chi connectivity index (χ1v) is 6.86. The van der Waals surface area contributed by atoms with Gasteiger partial charge in [-0.1, -0.05) is 34.8 Å². The largest absolute Gasteiger partial charge is 0.464 e. The molecule has 104 valence electrons. The summed E-state index contributed by atoms with van der Waals surface area (Å²) < 4.78 is 4.35. The van der Waals surface area contributed by atoms with Gasteiger partial charge in [0.05, 0.1) is 7.11 Å². The van der Waals surface area contributed by atoms with Gasteiger partial charge in [-0.3, -0.25) is 4.79 Å². The minimum absolute atomic E-state index is 0.195. The molecule has 2 rings (SSSR count). The molecule has 1 heterocycles. The minimum atomic E-state index is -2.03. The second-order valence-corrected chi connectivity index (χ2v) is 6.81. The third kappa shape index (κ3) is 3.44. The van der Waals surface area contributed by atoms with Gasteiger partial charge in [0, 0.05) is 18.3 Å². The second-order valence-electron chi connectivity index (χ2n) is 4.53. The maximum absolute atomic E-state index is 11.9. The molecule has 1 aliphatic rings. The molecule has 19 heavy (non-hydrogen) atoms. The molecule has 0 amide bonds. The average molecular weight is 325 g/mol. The number of rotatable bonds is 4. The lowest BCUT2D eigenvalue weighted by Crippen LogP contribution is -2.18. The number of hydrogen-bond acceptors (Lipinski definition) is 3. The number of esters is 1. The van der Waals surface area contributed by atoms with Gasteiger partial charge in [0.2, 0.25) is 5.78 Å². The molecule has 1 aromatic rings. The number of carbonyl (C=O) groups is 2. The van der Waals surface area contributed by atoms with Gasteiger partial charge in [-0.15, -0.1) is 0 Å². The molecule has 7 heteroatoms. The first kappa shape index (κ1) is 14.7. The number of alkyl halides is 3. The smallest absolute Gasteiger partial charge is 0.354 e. The summed E-state index contributed by atoms with van der Waals surface area (Å²) in [5.74, 6) is -0.632. The maximum atomic E-state index is 11.9. The van der Waals surface area contributed by atoms with Crippen LogP contribution in [0.25, 0.3) is 0 Å². The van der Waals surface area contributed by atoms with E-state index in [-0.39, 0.29) is 5.56 Å². The lowest BCUT2D eigenvalue weighted by atomic mass is 10.2. The molecule has 0 atom stereocenters. The molecule has 1 aromatic heterocycles. The van der Waals surface area contributed by atoms with Crippen LogP contribution in [0.4, 0.5) is 0 Å². The molecule has 4 nitrogen and oxygen atoms in total. The lowest BCUT2D eigenvalue weighted by molar-refractivity contribution is 0.0588. The monoisotopic (exact) mass is 323 g/mol.